The highest BCUT2D eigenvalue weighted by molar-refractivity contribution is 5.99. The molecule has 25 heavy (non-hydrogen) atoms. The Balaban J connectivity index is 1.71. The minimum Gasteiger partial charge on any atom is -0.346 e. The van der Waals surface area contributed by atoms with E-state index in [1.54, 1.807) is 17.0 Å². The lowest BCUT2D eigenvalue weighted by Gasteiger charge is -2.18. The van der Waals surface area contributed by atoms with Crippen molar-refractivity contribution in [1.82, 2.24) is 5.32 Å². The van der Waals surface area contributed by atoms with E-state index in [4.69, 9.17) is 0 Å². The number of hydrogen-bond acceptors (Lipinski definition) is 2. The van der Waals surface area contributed by atoms with E-state index in [2.05, 4.69) is 36.5 Å². The molecule has 1 heterocycles. The fourth-order valence-electron chi connectivity index (χ4n) is 3.14. The molecule has 2 aromatic rings. The molecule has 0 spiro atoms. The quantitative estimate of drug-likeness (QED) is 0.901. The maximum Gasteiger partial charge on any atom is 0.251 e. The molecular formula is C21H24N2O2. The van der Waals surface area contributed by atoms with E-state index >= 15 is 0 Å². The van der Waals surface area contributed by atoms with Crippen LogP contribution in [0.4, 0.5) is 5.69 Å². The lowest BCUT2D eigenvalue weighted by molar-refractivity contribution is -0.117. The van der Waals surface area contributed by atoms with Gasteiger partial charge in [-0.3, -0.25) is 9.59 Å². The first-order valence-electron chi connectivity index (χ1n) is 8.88. The van der Waals surface area contributed by atoms with Crippen LogP contribution in [0.15, 0.2) is 48.5 Å². The van der Waals surface area contributed by atoms with Gasteiger partial charge >= 0.3 is 0 Å². The van der Waals surface area contributed by atoms with Crippen molar-refractivity contribution in [1.29, 1.82) is 0 Å². The highest BCUT2D eigenvalue weighted by Gasteiger charge is 2.22. The van der Waals surface area contributed by atoms with Crippen LogP contribution in [0.3, 0.4) is 0 Å². The van der Waals surface area contributed by atoms with Gasteiger partial charge in [-0.1, -0.05) is 37.3 Å². The summed E-state index contributed by atoms with van der Waals surface area (Å²) in [7, 11) is 0. The molecule has 1 atom stereocenters. The average Bonchev–Trinajstić information content (AvgIpc) is 3.07. The van der Waals surface area contributed by atoms with Gasteiger partial charge in [0.2, 0.25) is 5.91 Å². The second-order valence-corrected chi connectivity index (χ2v) is 6.49. The van der Waals surface area contributed by atoms with E-state index in [1.807, 2.05) is 19.1 Å². The first-order valence-corrected chi connectivity index (χ1v) is 8.88. The van der Waals surface area contributed by atoms with Gasteiger partial charge in [0.1, 0.15) is 0 Å². The molecule has 2 aromatic carbocycles. The van der Waals surface area contributed by atoms with Gasteiger partial charge in [0.05, 0.1) is 6.04 Å². The highest BCUT2D eigenvalue weighted by atomic mass is 16.2. The fourth-order valence-corrected chi connectivity index (χ4v) is 3.14. The maximum absolute atomic E-state index is 12.6. The van der Waals surface area contributed by atoms with Crippen LogP contribution < -0.4 is 10.2 Å². The standard InChI is InChI=1S/C21H24N2O2/c1-3-16-9-11-17(12-10-16)15(2)22-21(25)18-6-4-7-19(14-18)23-13-5-8-20(23)24/h4,6-7,9-12,14-15H,3,5,8,13H2,1-2H3,(H,22,25)/t15-/m1/s1. The van der Waals surface area contributed by atoms with Crippen LogP contribution in [0, 0.1) is 0 Å². The second-order valence-electron chi connectivity index (χ2n) is 6.49. The summed E-state index contributed by atoms with van der Waals surface area (Å²) in [5.41, 5.74) is 3.74. The van der Waals surface area contributed by atoms with E-state index in [-0.39, 0.29) is 17.9 Å². The molecule has 0 bridgehead atoms. The summed E-state index contributed by atoms with van der Waals surface area (Å²) >= 11 is 0. The Morgan fingerprint density at radius 3 is 2.60 bits per heavy atom. The van der Waals surface area contributed by atoms with Gasteiger partial charge in [-0.2, -0.15) is 0 Å². The van der Waals surface area contributed by atoms with Crippen molar-refractivity contribution < 1.29 is 9.59 Å². The normalized spacial score (nSPS) is 15.3. The third kappa shape index (κ3) is 3.90. The van der Waals surface area contributed by atoms with E-state index in [0.29, 0.717) is 12.0 Å². The molecule has 130 valence electrons. The Morgan fingerprint density at radius 1 is 1.20 bits per heavy atom. The van der Waals surface area contributed by atoms with Crippen LogP contribution in [-0.2, 0) is 11.2 Å². The Morgan fingerprint density at radius 2 is 1.96 bits per heavy atom. The number of aryl methyl sites for hydroxylation is 1. The summed E-state index contributed by atoms with van der Waals surface area (Å²) in [6.07, 6.45) is 2.46. The Bertz CT molecular complexity index is 768. The van der Waals surface area contributed by atoms with E-state index < -0.39 is 0 Å². The number of amides is 2. The lowest BCUT2D eigenvalue weighted by atomic mass is 10.0. The van der Waals surface area contributed by atoms with Crippen LogP contribution in [0.2, 0.25) is 0 Å². The number of carbonyl (C=O) groups excluding carboxylic acids is 2. The Labute approximate surface area is 148 Å². The molecule has 1 aliphatic heterocycles. The highest BCUT2D eigenvalue weighted by Crippen LogP contribution is 2.23. The van der Waals surface area contributed by atoms with Crippen molar-refractivity contribution in [3.05, 3.63) is 65.2 Å². The summed E-state index contributed by atoms with van der Waals surface area (Å²) in [5.74, 6) is 0.00232. The molecule has 0 aromatic heterocycles. The van der Waals surface area contributed by atoms with Crippen LogP contribution in [-0.4, -0.2) is 18.4 Å². The predicted octanol–water partition coefficient (Wildman–Crippen LogP) is 3.87. The van der Waals surface area contributed by atoms with Crippen molar-refractivity contribution in [2.45, 2.75) is 39.2 Å². The molecule has 2 amide bonds. The van der Waals surface area contributed by atoms with Crippen LogP contribution in [0.25, 0.3) is 0 Å². The van der Waals surface area contributed by atoms with Gasteiger partial charge in [-0.05, 0) is 49.1 Å². The number of nitrogens with one attached hydrogen (secondary N) is 1. The number of rotatable bonds is 5. The SMILES string of the molecule is CCc1ccc([C@@H](C)NC(=O)c2cccc(N3CCCC3=O)c2)cc1. The summed E-state index contributed by atoms with van der Waals surface area (Å²) in [6, 6.07) is 15.5. The summed E-state index contributed by atoms with van der Waals surface area (Å²) in [5, 5.41) is 3.04. The third-order valence-electron chi connectivity index (χ3n) is 4.73. The average molecular weight is 336 g/mol. The van der Waals surface area contributed by atoms with Crippen LogP contribution >= 0.6 is 0 Å². The number of benzene rings is 2. The zero-order valence-corrected chi connectivity index (χ0v) is 14.8. The van der Waals surface area contributed by atoms with Gasteiger partial charge in [0, 0.05) is 24.2 Å². The monoisotopic (exact) mass is 336 g/mol. The smallest absolute Gasteiger partial charge is 0.251 e. The van der Waals surface area contributed by atoms with Crippen molar-refractivity contribution in [3.63, 3.8) is 0 Å². The largest absolute Gasteiger partial charge is 0.346 e. The molecule has 1 saturated heterocycles. The molecule has 1 N–H and O–H groups in total. The summed E-state index contributed by atoms with van der Waals surface area (Å²) in [6.45, 7) is 4.83. The molecule has 0 radical (unpaired) electrons. The second kappa shape index (κ2) is 7.51. The minimum absolute atomic E-state index is 0.0736. The number of carbonyl (C=O) groups is 2. The molecule has 1 aliphatic rings. The van der Waals surface area contributed by atoms with Gasteiger partial charge in [0.15, 0.2) is 0 Å². The molecule has 1 fully saturated rings. The van der Waals surface area contributed by atoms with Crippen molar-refractivity contribution in [3.8, 4) is 0 Å². The van der Waals surface area contributed by atoms with Crippen molar-refractivity contribution >= 4 is 17.5 Å². The van der Waals surface area contributed by atoms with E-state index in [1.165, 1.54) is 5.56 Å². The molecule has 4 nitrogen and oxygen atoms in total. The molecule has 0 saturated carbocycles. The summed E-state index contributed by atoms with van der Waals surface area (Å²) in [4.78, 5) is 26.2. The van der Waals surface area contributed by atoms with Crippen molar-refractivity contribution in [2.75, 3.05) is 11.4 Å². The number of hydrogen-bond donors (Lipinski definition) is 1. The lowest BCUT2D eigenvalue weighted by Crippen LogP contribution is -2.27. The predicted molar refractivity (Wildman–Crippen MR) is 99.7 cm³/mol. The molecule has 0 aliphatic carbocycles. The Hall–Kier alpha value is -2.62. The first-order chi connectivity index (χ1) is 12.1. The topological polar surface area (TPSA) is 49.4 Å². The molecular weight excluding hydrogens is 312 g/mol. The molecule has 3 rings (SSSR count). The van der Waals surface area contributed by atoms with Crippen LogP contribution in [0.1, 0.15) is 54.2 Å². The number of anilines is 1. The molecule has 4 heteroatoms. The Kier molecular flexibility index (Phi) is 5.17. The van der Waals surface area contributed by atoms with Gasteiger partial charge < -0.3 is 10.2 Å². The van der Waals surface area contributed by atoms with Crippen LogP contribution in [0.5, 0.6) is 0 Å². The number of nitrogens with zero attached hydrogens (tertiary/aromatic N) is 1. The minimum atomic E-state index is -0.124. The zero-order chi connectivity index (χ0) is 17.8. The maximum atomic E-state index is 12.6. The van der Waals surface area contributed by atoms with Crippen molar-refractivity contribution in [2.24, 2.45) is 0 Å². The van der Waals surface area contributed by atoms with Gasteiger partial charge in [0.25, 0.3) is 5.91 Å². The fraction of sp³-hybridized carbons (Fsp3) is 0.333. The third-order valence-corrected chi connectivity index (χ3v) is 4.73. The zero-order valence-electron chi connectivity index (χ0n) is 14.8. The summed E-state index contributed by atoms with van der Waals surface area (Å²) < 4.78 is 0. The molecule has 0 unspecified atom stereocenters. The van der Waals surface area contributed by atoms with Gasteiger partial charge in [-0.15, -0.1) is 0 Å². The van der Waals surface area contributed by atoms with Gasteiger partial charge in [-0.25, -0.2) is 0 Å². The van der Waals surface area contributed by atoms with E-state index in [0.717, 1.165) is 30.6 Å². The van der Waals surface area contributed by atoms with E-state index in [9.17, 15) is 9.59 Å². The first kappa shape index (κ1) is 17.2.